The number of esters is 1. The highest BCUT2D eigenvalue weighted by Crippen LogP contribution is 2.27. The van der Waals surface area contributed by atoms with Gasteiger partial charge >= 0.3 is 5.97 Å². The molecule has 134 valence electrons. The second-order valence-corrected chi connectivity index (χ2v) is 5.96. The van der Waals surface area contributed by atoms with Gasteiger partial charge in [-0.1, -0.05) is 12.1 Å². The minimum Gasteiger partial charge on any atom is -0.465 e. The SMILES string of the molecule is CCOC(=O)CN1CCc2cc(-c3ccc([N+](=O)[O-])cc3)ccc2C1=O. The summed E-state index contributed by atoms with van der Waals surface area (Å²) >= 11 is 0. The first-order valence-corrected chi connectivity index (χ1v) is 8.32. The van der Waals surface area contributed by atoms with Crippen molar-refractivity contribution < 1.29 is 19.2 Å². The lowest BCUT2D eigenvalue weighted by Gasteiger charge is -2.28. The molecule has 0 saturated heterocycles. The summed E-state index contributed by atoms with van der Waals surface area (Å²) in [6.07, 6.45) is 0.640. The van der Waals surface area contributed by atoms with Crippen LogP contribution in [0.1, 0.15) is 22.8 Å². The number of nitrogens with zero attached hydrogens (tertiary/aromatic N) is 2. The first kappa shape index (κ1) is 17.6. The average Bonchev–Trinajstić information content (AvgIpc) is 2.64. The van der Waals surface area contributed by atoms with Gasteiger partial charge in [0.1, 0.15) is 6.54 Å². The van der Waals surface area contributed by atoms with E-state index in [0.717, 1.165) is 16.7 Å². The van der Waals surface area contributed by atoms with Gasteiger partial charge in [-0.15, -0.1) is 0 Å². The number of hydrogen-bond donors (Lipinski definition) is 0. The van der Waals surface area contributed by atoms with Crippen molar-refractivity contribution in [1.29, 1.82) is 0 Å². The van der Waals surface area contributed by atoms with Crippen LogP contribution in [0, 0.1) is 10.1 Å². The Morgan fingerprint density at radius 1 is 1.19 bits per heavy atom. The van der Waals surface area contributed by atoms with Crippen LogP contribution in [0.15, 0.2) is 42.5 Å². The third kappa shape index (κ3) is 3.56. The van der Waals surface area contributed by atoms with Crippen LogP contribution < -0.4 is 0 Å². The third-order valence-corrected chi connectivity index (χ3v) is 4.31. The molecular weight excluding hydrogens is 336 g/mol. The van der Waals surface area contributed by atoms with E-state index >= 15 is 0 Å². The molecule has 0 aromatic heterocycles. The summed E-state index contributed by atoms with van der Waals surface area (Å²) < 4.78 is 4.90. The first-order valence-electron chi connectivity index (χ1n) is 8.32. The first-order chi connectivity index (χ1) is 12.5. The van der Waals surface area contributed by atoms with Crippen molar-refractivity contribution in [3.8, 4) is 11.1 Å². The number of ether oxygens (including phenoxy) is 1. The molecule has 2 aromatic rings. The van der Waals surface area contributed by atoms with Gasteiger partial charge in [-0.05, 0) is 48.2 Å². The van der Waals surface area contributed by atoms with Gasteiger partial charge in [0.25, 0.3) is 11.6 Å². The number of nitro benzene ring substituents is 1. The van der Waals surface area contributed by atoms with E-state index < -0.39 is 10.9 Å². The van der Waals surface area contributed by atoms with Gasteiger partial charge in [0.2, 0.25) is 0 Å². The van der Waals surface area contributed by atoms with Crippen molar-refractivity contribution in [1.82, 2.24) is 4.90 Å². The predicted molar refractivity (Wildman–Crippen MR) is 94.8 cm³/mol. The molecular formula is C19H18N2O5. The fraction of sp³-hybridized carbons (Fsp3) is 0.263. The number of non-ortho nitro benzene ring substituents is 1. The maximum Gasteiger partial charge on any atom is 0.325 e. The van der Waals surface area contributed by atoms with Crippen LogP contribution in [0.2, 0.25) is 0 Å². The second kappa shape index (κ2) is 7.35. The summed E-state index contributed by atoms with van der Waals surface area (Å²) in [7, 11) is 0. The Morgan fingerprint density at radius 2 is 1.88 bits per heavy atom. The van der Waals surface area contributed by atoms with E-state index in [1.54, 1.807) is 25.1 Å². The monoisotopic (exact) mass is 354 g/mol. The summed E-state index contributed by atoms with van der Waals surface area (Å²) in [5.41, 5.74) is 3.26. The van der Waals surface area contributed by atoms with E-state index in [2.05, 4.69) is 0 Å². The Balaban J connectivity index is 1.81. The van der Waals surface area contributed by atoms with Gasteiger partial charge < -0.3 is 9.64 Å². The smallest absolute Gasteiger partial charge is 0.325 e. The summed E-state index contributed by atoms with van der Waals surface area (Å²) in [5, 5.41) is 10.8. The minimum absolute atomic E-state index is 0.0384. The highest BCUT2D eigenvalue weighted by atomic mass is 16.6. The Kier molecular flexibility index (Phi) is 4.97. The molecule has 1 amide bonds. The molecule has 7 heteroatoms. The summed E-state index contributed by atoms with van der Waals surface area (Å²) in [6, 6.07) is 11.8. The molecule has 0 aliphatic carbocycles. The van der Waals surface area contributed by atoms with E-state index in [4.69, 9.17) is 4.74 Å². The van der Waals surface area contributed by atoms with Gasteiger partial charge in [-0.3, -0.25) is 19.7 Å². The molecule has 1 aliphatic rings. The number of amides is 1. The van der Waals surface area contributed by atoms with E-state index in [1.807, 2.05) is 12.1 Å². The molecule has 0 saturated carbocycles. The Hall–Kier alpha value is -3.22. The van der Waals surface area contributed by atoms with Crippen LogP contribution in [0.5, 0.6) is 0 Å². The second-order valence-electron chi connectivity index (χ2n) is 5.96. The summed E-state index contributed by atoms with van der Waals surface area (Å²) in [5.74, 6) is -0.596. The number of rotatable bonds is 5. The van der Waals surface area contributed by atoms with Crippen molar-refractivity contribution in [2.24, 2.45) is 0 Å². The molecule has 7 nitrogen and oxygen atoms in total. The van der Waals surface area contributed by atoms with Crippen LogP contribution in [0.4, 0.5) is 5.69 Å². The molecule has 1 heterocycles. The zero-order valence-corrected chi connectivity index (χ0v) is 14.3. The number of hydrogen-bond acceptors (Lipinski definition) is 5. The van der Waals surface area contributed by atoms with Gasteiger partial charge in [-0.2, -0.15) is 0 Å². The van der Waals surface area contributed by atoms with Crippen LogP contribution in [-0.2, 0) is 16.0 Å². The number of carbonyl (C=O) groups is 2. The van der Waals surface area contributed by atoms with Crippen molar-refractivity contribution >= 4 is 17.6 Å². The van der Waals surface area contributed by atoms with Gasteiger partial charge in [0, 0.05) is 24.2 Å². The summed E-state index contributed by atoms with van der Waals surface area (Å²) in [4.78, 5) is 36.0. The van der Waals surface area contributed by atoms with Crippen LogP contribution in [0.3, 0.4) is 0 Å². The average molecular weight is 354 g/mol. The molecule has 26 heavy (non-hydrogen) atoms. The van der Waals surface area contributed by atoms with E-state index in [-0.39, 0.29) is 24.7 Å². The lowest BCUT2D eigenvalue weighted by Crippen LogP contribution is -2.41. The van der Waals surface area contributed by atoms with Crippen LogP contribution >= 0.6 is 0 Å². The number of fused-ring (bicyclic) bond motifs is 1. The van der Waals surface area contributed by atoms with Crippen LogP contribution in [0.25, 0.3) is 11.1 Å². The van der Waals surface area contributed by atoms with Gasteiger partial charge in [0.15, 0.2) is 0 Å². The van der Waals surface area contributed by atoms with E-state index in [0.29, 0.717) is 18.5 Å². The highest BCUT2D eigenvalue weighted by Gasteiger charge is 2.26. The maximum atomic E-state index is 12.6. The molecule has 0 unspecified atom stereocenters. The zero-order chi connectivity index (χ0) is 18.7. The van der Waals surface area contributed by atoms with E-state index in [9.17, 15) is 19.7 Å². The van der Waals surface area contributed by atoms with Crippen molar-refractivity contribution in [2.45, 2.75) is 13.3 Å². The summed E-state index contributed by atoms with van der Waals surface area (Å²) in [6.45, 7) is 2.42. The molecule has 1 aliphatic heterocycles. The Morgan fingerprint density at radius 3 is 2.54 bits per heavy atom. The molecule has 0 spiro atoms. The van der Waals surface area contributed by atoms with Crippen molar-refractivity contribution in [3.63, 3.8) is 0 Å². The van der Waals surface area contributed by atoms with Gasteiger partial charge in [-0.25, -0.2) is 0 Å². The molecule has 3 rings (SSSR count). The van der Waals surface area contributed by atoms with Crippen molar-refractivity contribution in [2.75, 3.05) is 19.7 Å². The molecule has 0 fully saturated rings. The predicted octanol–water partition coefficient (Wildman–Crippen LogP) is 2.82. The Bertz CT molecular complexity index is 861. The fourth-order valence-corrected chi connectivity index (χ4v) is 3.00. The van der Waals surface area contributed by atoms with Crippen LogP contribution in [-0.4, -0.2) is 41.4 Å². The minimum atomic E-state index is -0.437. The number of benzene rings is 2. The van der Waals surface area contributed by atoms with E-state index in [1.165, 1.54) is 17.0 Å². The standard InChI is InChI=1S/C19H18N2O5/c1-2-26-18(22)12-20-10-9-15-11-14(5-8-17(15)19(20)23)13-3-6-16(7-4-13)21(24)25/h3-8,11H,2,9-10,12H2,1H3. The normalized spacial score (nSPS) is 13.3. The Labute approximate surface area is 150 Å². The third-order valence-electron chi connectivity index (χ3n) is 4.31. The lowest BCUT2D eigenvalue weighted by atomic mass is 9.94. The largest absolute Gasteiger partial charge is 0.465 e. The van der Waals surface area contributed by atoms with Crippen molar-refractivity contribution in [3.05, 3.63) is 63.7 Å². The topological polar surface area (TPSA) is 89.8 Å². The highest BCUT2D eigenvalue weighted by molar-refractivity contribution is 5.98. The molecule has 0 bridgehead atoms. The quantitative estimate of drug-likeness (QED) is 0.468. The zero-order valence-electron chi connectivity index (χ0n) is 14.3. The molecule has 0 N–H and O–H groups in total. The number of nitro groups is 1. The van der Waals surface area contributed by atoms with Gasteiger partial charge in [0.05, 0.1) is 11.5 Å². The molecule has 0 atom stereocenters. The maximum absolute atomic E-state index is 12.6. The lowest BCUT2D eigenvalue weighted by molar-refractivity contribution is -0.384. The molecule has 0 radical (unpaired) electrons. The fourth-order valence-electron chi connectivity index (χ4n) is 3.00. The number of carbonyl (C=O) groups excluding carboxylic acids is 2. The molecule has 2 aromatic carbocycles.